The van der Waals surface area contributed by atoms with E-state index in [4.69, 9.17) is 16.3 Å². The molecule has 0 radical (unpaired) electrons. The zero-order valence-electron chi connectivity index (χ0n) is 9.97. The van der Waals surface area contributed by atoms with Gasteiger partial charge in [-0.2, -0.15) is 0 Å². The molecule has 0 aliphatic heterocycles. The van der Waals surface area contributed by atoms with Gasteiger partial charge in [-0.25, -0.2) is 0 Å². The molecule has 0 bridgehead atoms. The van der Waals surface area contributed by atoms with Crippen LogP contribution in [0, 0.1) is 21.4 Å². The van der Waals surface area contributed by atoms with Gasteiger partial charge in [-0.05, 0) is 43.9 Å². The molecule has 2 saturated carbocycles. The second-order valence-corrected chi connectivity index (χ2v) is 5.42. The molecule has 0 amide bonds. The highest BCUT2D eigenvalue weighted by Crippen LogP contribution is 2.53. The molecule has 2 aliphatic rings. The number of alkyl halides is 1. The van der Waals surface area contributed by atoms with Crippen molar-refractivity contribution in [2.45, 2.75) is 44.6 Å². The third-order valence-corrected chi connectivity index (χ3v) is 4.24. The lowest BCUT2D eigenvalue weighted by Gasteiger charge is -2.50. The van der Waals surface area contributed by atoms with E-state index in [-0.39, 0.29) is 29.5 Å². The van der Waals surface area contributed by atoms with E-state index in [1.807, 2.05) is 0 Å². The van der Waals surface area contributed by atoms with Crippen molar-refractivity contribution in [3.63, 3.8) is 0 Å². The molecular weight excluding hydrogens is 262 g/mol. The fourth-order valence-corrected chi connectivity index (χ4v) is 3.26. The summed E-state index contributed by atoms with van der Waals surface area (Å²) in [5.74, 6) is -0.290. The normalized spacial score (nSPS) is 34.7. The van der Waals surface area contributed by atoms with E-state index in [1.54, 1.807) is 0 Å². The molecule has 0 aromatic heterocycles. The number of nitrogens with zero attached hydrogens (tertiary/aromatic N) is 1. The first-order valence-corrected chi connectivity index (χ1v) is 6.62. The molecule has 6 nitrogen and oxygen atoms in total. The van der Waals surface area contributed by atoms with Gasteiger partial charge in [-0.15, -0.1) is 10.1 Å². The molecular formula is C11H16ClNO5. The van der Waals surface area contributed by atoms with Crippen molar-refractivity contribution in [1.29, 1.82) is 0 Å². The molecule has 0 N–H and O–H groups in total. The lowest BCUT2D eigenvalue weighted by Crippen LogP contribution is -2.46. The third kappa shape index (κ3) is 2.85. The second-order valence-electron chi connectivity index (χ2n) is 5.21. The number of rotatable bonds is 4. The van der Waals surface area contributed by atoms with Gasteiger partial charge in [0.1, 0.15) is 6.10 Å². The van der Waals surface area contributed by atoms with Gasteiger partial charge in [0.05, 0.1) is 5.92 Å². The lowest BCUT2D eigenvalue weighted by molar-refractivity contribution is -0.773. The summed E-state index contributed by atoms with van der Waals surface area (Å²) in [5, 5.41) is 9.48. The van der Waals surface area contributed by atoms with Gasteiger partial charge >= 0.3 is 5.97 Å². The van der Waals surface area contributed by atoms with E-state index in [1.165, 1.54) is 0 Å². The van der Waals surface area contributed by atoms with Crippen molar-refractivity contribution < 1.29 is 19.5 Å². The second kappa shape index (κ2) is 5.30. The van der Waals surface area contributed by atoms with Crippen LogP contribution in [0.1, 0.15) is 38.5 Å². The summed E-state index contributed by atoms with van der Waals surface area (Å²) in [6.07, 6.45) is 4.57. The quantitative estimate of drug-likeness (QED) is 0.341. The molecule has 7 heteroatoms. The number of carbonyl (C=O) groups excluding carboxylic acids is 1. The van der Waals surface area contributed by atoms with Gasteiger partial charge in [0.2, 0.25) is 0 Å². The molecule has 18 heavy (non-hydrogen) atoms. The first kappa shape index (κ1) is 13.4. The van der Waals surface area contributed by atoms with Crippen LogP contribution in [0.25, 0.3) is 0 Å². The van der Waals surface area contributed by atoms with Crippen LogP contribution < -0.4 is 0 Å². The van der Waals surface area contributed by atoms with Crippen molar-refractivity contribution in [3.8, 4) is 0 Å². The van der Waals surface area contributed by atoms with E-state index in [9.17, 15) is 14.9 Å². The smallest absolute Gasteiger partial charge is 0.310 e. The summed E-state index contributed by atoms with van der Waals surface area (Å²) < 4.78 is 4.79. The van der Waals surface area contributed by atoms with Crippen LogP contribution in [0.5, 0.6) is 0 Å². The maximum atomic E-state index is 11.5. The fraction of sp³-hybridized carbons (Fsp3) is 0.909. The molecule has 2 aliphatic carbocycles. The van der Waals surface area contributed by atoms with Gasteiger partial charge < -0.3 is 9.57 Å². The molecule has 0 atom stereocenters. The molecule has 102 valence electrons. The number of halogens is 1. The topological polar surface area (TPSA) is 78.7 Å². The van der Waals surface area contributed by atoms with E-state index in [0.717, 1.165) is 38.5 Å². The first-order valence-electron chi connectivity index (χ1n) is 6.08. The molecule has 1 spiro atoms. The van der Waals surface area contributed by atoms with Crippen LogP contribution in [0.2, 0.25) is 0 Å². The maximum absolute atomic E-state index is 11.5. The minimum absolute atomic E-state index is 0.0649. The Bertz CT molecular complexity index is 332. The summed E-state index contributed by atoms with van der Waals surface area (Å²) in [6.45, 7) is 0. The van der Waals surface area contributed by atoms with Crippen LogP contribution in [0.3, 0.4) is 0 Å². The number of esters is 1. The monoisotopic (exact) mass is 277 g/mol. The molecule has 0 saturated heterocycles. The Morgan fingerprint density at radius 3 is 2.50 bits per heavy atom. The zero-order chi connectivity index (χ0) is 13.2. The summed E-state index contributed by atoms with van der Waals surface area (Å²) in [4.78, 5) is 26.2. The van der Waals surface area contributed by atoms with Crippen molar-refractivity contribution in [3.05, 3.63) is 10.1 Å². The fourth-order valence-electron chi connectivity index (χ4n) is 3.15. The first-order chi connectivity index (χ1) is 8.54. The highest BCUT2D eigenvalue weighted by atomic mass is 35.5. The molecule has 0 aromatic carbocycles. The van der Waals surface area contributed by atoms with Crippen molar-refractivity contribution >= 4 is 17.6 Å². The number of carbonyl (C=O) groups is 1. The Kier molecular flexibility index (Phi) is 3.94. The van der Waals surface area contributed by atoms with Gasteiger partial charge in [0.25, 0.3) is 5.09 Å². The average Bonchev–Trinajstić information content (AvgIpc) is 2.27. The Morgan fingerprint density at radius 2 is 2.00 bits per heavy atom. The summed E-state index contributed by atoms with van der Waals surface area (Å²) >= 11 is 5.35. The standard InChI is InChI=1S/C11H16ClNO5/c12-7-17-10(14)8-1-3-11(4-2-8)5-9(6-11)18-13(15)16/h8-9H,1-7H2. The van der Waals surface area contributed by atoms with Crippen molar-refractivity contribution in [1.82, 2.24) is 0 Å². The lowest BCUT2D eigenvalue weighted by atomic mass is 9.58. The van der Waals surface area contributed by atoms with Crippen LogP contribution in [-0.2, 0) is 14.4 Å². The van der Waals surface area contributed by atoms with Crippen LogP contribution in [0.15, 0.2) is 0 Å². The minimum Gasteiger partial charge on any atom is -0.449 e. The summed E-state index contributed by atoms with van der Waals surface area (Å²) in [7, 11) is 0. The molecule has 0 aromatic rings. The van der Waals surface area contributed by atoms with E-state index in [0.29, 0.717) is 0 Å². The third-order valence-electron chi connectivity index (χ3n) is 4.13. The van der Waals surface area contributed by atoms with Gasteiger partial charge in [0.15, 0.2) is 6.07 Å². The highest BCUT2D eigenvalue weighted by Gasteiger charge is 2.48. The largest absolute Gasteiger partial charge is 0.449 e. The predicted octanol–water partition coefficient (Wildman–Crippen LogP) is 2.27. The minimum atomic E-state index is -0.721. The van der Waals surface area contributed by atoms with E-state index in [2.05, 4.69) is 4.84 Å². The van der Waals surface area contributed by atoms with Crippen molar-refractivity contribution in [2.24, 2.45) is 11.3 Å². The molecule has 2 fully saturated rings. The molecule has 0 heterocycles. The SMILES string of the molecule is O=C(OCCl)C1CCC2(CC1)CC(O[N+](=O)[O-])C2. The zero-order valence-corrected chi connectivity index (χ0v) is 10.7. The van der Waals surface area contributed by atoms with Crippen LogP contribution in [0.4, 0.5) is 0 Å². The number of hydrogen-bond donors (Lipinski definition) is 0. The molecule has 0 unspecified atom stereocenters. The Morgan fingerprint density at radius 1 is 1.39 bits per heavy atom. The Labute approximate surface area is 110 Å². The maximum Gasteiger partial charge on any atom is 0.310 e. The van der Waals surface area contributed by atoms with Gasteiger partial charge in [0, 0.05) is 0 Å². The molecule has 2 rings (SSSR count). The summed E-state index contributed by atoms with van der Waals surface area (Å²) in [6, 6.07) is -0.0980. The van der Waals surface area contributed by atoms with E-state index >= 15 is 0 Å². The van der Waals surface area contributed by atoms with Gasteiger partial charge in [-0.3, -0.25) is 4.79 Å². The predicted molar refractivity (Wildman–Crippen MR) is 62.3 cm³/mol. The highest BCUT2D eigenvalue weighted by molar-refractivity contribution is 6.17. The van der Waals surface area contributed by atoms with Gasteiger partial charge in [-0.1, -0.05) is 11.6 Å². The Balaban J connectivity index is 1.75. The number of hydrogen-bond acceptors (Lipinski definition) is 5. The van der Waals surface area contributed by atoms with Crippen LogP contribution >= 0.6 is 11.6 Å². The number of ether oxygens (including phenoxy) is 1. The average molecular weight is 278 g/mol. The van der Waals surface area contributed by atoms with Crippen LogP contribution in [-0.4, -0.2) is 23.2 Å². The Hall–Kier alpha value is -1.04. The van der Waals surface area contributed by atoms with E-state index < -0.39 is 5.09 Å². The summed E-state index contributed by atoms with van der Waals surface area (Å²) in [5.41, 5.74) is 0.151. The van der Waals surface area contributed by atoms with Crippen molar-refractivity contribution in [2.75, 3.05) is 6.07 Å².